The van der Waals surface area contributed by atoms with Crippen LogP contribution < -0.4 is 5.06 Å². The number of anilines is 1. The molecule has 3 heteroatoms. The molecule has 0 heterocycles. The van der Waals surface area contributed by atoms with Crippen molar-refractivity contribution in [1.29, 1.82) is 0 Å². The minimum atomic E-state index is -0.750. The van der Waals surface area contributed by atoms with Crippen LogP contribution in [0.4, 0.5) is 5.69 Å². The molecule has 3 nitrogen and oxygen atoms in total. The van der Waals surface area contributed by atoms with E-state index in [1.807, 2.05) is 37.3 Å². The maximum atomic E-state index is 11.9. The van der Waals surface area contributed by atoms with Crippen molar-refractivity contribution in [3.8, 4) is 0 Å². The van der Waals surface area contributed by atoms with Gasteiger partial charge in [0.2, 0.25) is 0 Å². The number of hydrogen-bond acceptors (Lipinski definition) is 3. The molecule has 1 atom stereocenters. The van der Waals surface area contributed by atoms with Crippen LogP contribution in [0.3, 0.4) is 0 Å². The van der Waals surface area contributed by atoms with Gasteiger partial charge < -0.3 is 0 Å². The summed E-state index contributed by atoms with van der Waals surface area (Å²) in [6, 6.07) is 9.23. The Morgan fingerprint density at radius 2 is 1.94 bits per heavy atom. The van der Waals surface area contributed by atoms with Gasteiger partial charge in [-0.05, 0) is 31.9 Å². The lowest BCUT2D eigenvalue weighted by molar-refractivity contribution is -0.128. The summed E-state index contributed by atoms with van der Waals surface area (Å²) in [5.41, 5.74) is -0.0696. The molecule has 1 aliphatic carbocycles. The van der Waals surface area contributed by atoms with E-state index in [1.54, 1.807) is 0 Å². The van der Waals surface area contributed by atoms with Gasteiger partial charge in [0.15, 0.2) is 5.78 Å². The van der Waals surface area contributed by atoms with Gasteiger partial charge in [0, 0.05) is 6.42 Å². The molecule has 1 unspecified atom stereocenters. The fourth-order valence-electron chi connectivity index (χ4n) is 2.24. The Morgan fingerprint density at radius 1 is 1.25 bits per heavy atom. The van der Waals surface area contributed by atoms with Gasteiger partial charge in [-0.2, -0.15) is 0 Å². The zero-order valence-corrected chi connectivity index (χ0v) is 9.52. The van der Waals surface area contributed by atoms with E-state index in [4.69, 9.17) is 0 Å². The Kier molecular flexibility index (Phi) is 2.97. The highest BCUT2D eigenvalue weighted by Crippen LogP contribution is 2.32. The second-order valence-electron chi connectivity index (χ2n) is 4.55. The van der Waals surface area contributed by atoms with E-state index in [9.17, 15) is 10.0 Å². The fourth-order valence-corrected chi connectivity index (χ4v) is 2.24. The van der Waals surface area contributed by atoms with Gasteiger partial charge >= 0.3 is 0 Å². The number of carbonyl (C=O) groups is 1. The van der Waals surface area contributed by atoms with Crippen LogP contribution in [0.15, 0.2) is 30.3 Å². The quantitative estimate of drug-likeness (QED) is 0.777. The van der Waals surface area contributed by atoms with Crippen molar-refractivity contribution in [2.45, 2.75) is 38.1 Å². The first-order valence-electron chi connectivity index (χ1n) is 5.72. The first-order chi connectivity index (χ1) is 7.64. The molecule has 0 radical (unpaired) electrons. The number of rotatable bonds is 2. The summed E-state index contributed by atoms with van der Waals surface area (Å²) >= 11 is 0. The van der Waals surface area contributed by atoms with E-state index in [1.165, 1.54) is 0 Å². The van der Waals surface area contributed by atoms with Gasteiger partial charge in [-0.15, -0.1) is 0 Å². The summed E-state index contributed by atoms with van der Waals surface area (Å²) in [7, 11) is 0. The highest BCUT2D eigenvalue weighted by Gasteiger charge is 2.40. The Hall–Kier alpha value is -1.35. The summed E-state index contributed by atoms with van der Waals surface area (Å²) in [6.07, 6.45) is 3.22. The molecule has 86 valence electrons. The van der Waals surface area contributed by atoms with Crippen LogP contribution in [0.25, 0.3) is 0 Å². The van der Waals surface area contributed by atoms with Crippen LogP contribution in [-0.2, 0) is 4.79 Å². The zero-order chi connectivity index (χ0) is 11.6. The van der Waals surface area contributed by atoms with Crippen molar-refractivity contribution in [2.75, 3.05) is 5.06 Å². The van der Waals surface area contributed by atoms with E-state index in [-0.39, 0.29) is 5.78 Å². The van der Waals surface area contributed by atoms with Crippen LogP contribution >= 0.6 is 0 Å². The normalized spacial score (nSPS) is 25.5. The highest BCUT2D eigenvalue weighted by atomic mass is 16.5. The minimum absolute atomic E-state index is 0.130. The number of para-hydroxylation sites is 1. The molecule has 1 aromatic rings. The van der Waals surface area contributed by atoms with Crippen LogP contribution in [0.1, 0.15) is 32.6 Å². The molecule has 0 saturated heterocycles. The Balaban J connectivity index is 2.26. The largest absolute Gasteiger partial charge is 0.297 e. The van der Waals surface area contributed by atoms with E-state index in [2.05, 4.69) is 0 Å². The van der Waals surface area contributed by atoms with Crippen molar-refractivity contribution in [2.24, 2.45) is 0 Å². The van der Waals surface area contributed by atoms with Gasteiger partial charge in [-0.3, -0.25) is 10.0 Å². The summed E-state index contributed by atoms with van der Waals surface area (Å²) in [6.45, 7) is 1.82. The maximum absolute atomic E-state index is 11.9. The SMILES string of the molecule is CC1(N(O)c2ccccc2)CCCCC1=O. The molecule has 16 heavy (non-hydrogen) atoms. The number of carbonyl (C=O) groups excluding carboxylic acids is 1. The van der Waals surface area contributed by atoms with Gasteiger partial charge in [0.05, 0.1) is 5.69 Å². The predicted octanol–water partition coefficient (Wildman–Crippen LogP) is 2.78. The number of ketones is 1. The number of hydrogen-bond donors (Lipinski definition) is 1. The Labute approximate surface area is 95.6 Å². The van der Waals surface area contributed by atoms with Gasteiger partial charge in [0.1, 0.15) is 5.54 Å². The average molecular weight is 219 g/mol. The molecule has 1 aromatic carbocycles. The van der Waals surface area contributed by atoms with Gasteiger partial charge in [0.25, 0.3) is 0 Å². The Bertz CT molecular complexity index is 377. The molecule has 0 spiro atoms. The average Bonchev–Trinajstić information content (AvgIpc) is 2.33. The van der Waals surface area contributed by atoms with E-state index >= 15 is 0 Å². The standard InChI is InChI=1S/C13H17NO2/c1-13(10-6-5-9-12(13)15)14(16)11-7-3-2-4-8-11/h2-4,7-8,16H,5-6,9-10H2,1H3. The molecule has 1 N–H and O–H groups in total. The van der Waals surface area contributed by atoms with Crippen LogP contribution in [0.5, 0.6) is 0 Å². The summed E-state index contributed by atoms with van der Waals surface area (Å²) in [5.74, 6) is 0.130. The summed E-state index contributed by atoms with van der Waals surface area (Å²) < 4.78 is 0. The summed E-state index contributed by atoms with van der Waals surface area (Å²) in [5, 5.41) is 11.3. The maximum Gasteiger partial charge on any atom is 0.160 e. The molecule has 1 saturated carbocycles. The van der Waals surface area contributed by atoms with Crippen LogP contribution in [0.2, 0.25) is 0 Å². The third-order valence-electron chi connectivity index (χ3n) is 3.39. The van der Waals surface area contributed by atoms with Crippen molar-refractivity contribution >= 4 is 11.5 Å². The lowest BCUT2D eigenvalue weighted by Crippen LogP contribution is -2.52. The van der Waals surface area contributed by atoms with Crippen molar-refractivity contribution < 1.29 is 10.0 Å². The monoisotopic (exact) mass is 219 g/mol. The van der Waals surface area contributed by atoms with Gasteiger partial charge in [-0.25, -0.2) is 5.06 Å². The van der Waals surface area contributed by atoms with E-state index in [0.717, 1.165) is 24.3 Å². The summed E-state index contributed by atoms with van der Waals surface area (Å²) in [4.78, 5) is 11.9. The second-order valence-corrected chi connectivity index (χ2v) is 4.55. The first-order valence-corrected chi connectivity index (χ1v) is 5.72. The third kappa shape index (κ3) is 1.83. The van der Waals surface area contributed by atoms with Gasteiger partial charge in [-0.1, -0.05) is 24.6 Å². The van der Waals surface area contributed by atoms with Crippen LogP contribution in [0, 0.1) is 0 Å². The lowest BCUT2D eigenvalue weighted by atomic mass is 9.81. The highest BCUT2D eigenvalue weighted by molar-refractivity contribution is 5.91. The van der Waals surface area contributed by atoms with E-state index in [0.29, 0.717) is 12.1 Å². The molecule has 0 bridgehead atoms. The predicted molar refractivity (Wildman–Crippen MR) is 62.6 cm³/mol. The zero-order valence-electron chi connectivity index (χ0n) is 9.52. The molecule has 1 fully saturated rings. The third-order valence-corrected chi connectivity index (χ3v) is 3.39. The molecule has 0 aromatic heterocycles. The fraction of sp³-hybridized carbons (Fsp3) is 0.462. The number of Topliss-reactive ketones (excluding diaryl/α,β-unsaturated/α-hetero) is 1. The molecular formula is C13H17NO2. The topological polar surface area (TPSA) is 40.5 Å². The number of nitrogens with zero attached hydrogens (tertiary/aromatic N) is 1. The number of hydroxylamine groups is 1. The molecule has 0 aliphatic heterocycles. The van der Waals surface area contributed by atoms with Crippen molar-refractivity contribution in [1.82, 2.24) is 0 Å². The first kappa shape index (κ1) is 11.1. The molecule has 2 rings (SSSR count). The lowest BCUT2D eigenvalue weighted by Gasteiger charge is -2.39. The second kappa shape index (κ2) is 4.26. The van der Waals surface area contributed by atoms with Crippen LogP contribution in [-0.4, -0.2) is 16.5 Å². The van der Waals surface area contributed by atoms with Crippen molar-refractivity contribution in [3.05, 3.63) is 30.3 Å². The van der Waals surface area contributed by atoms with Crippen molar-refractivity contribution in [3.63, 3.8) is 0 Å². The molecular weight excluding hydrogens is 202 g/mol. The minimum Gasteiger partial charge on any atom is -0.297 e. The smallest absolute Gasteiger partial charge is 0.160 e. The van der Waals surface area contributed by atoms with E-state index < -0.39 is 5.54 Å². The number of benzene rings is 1. The Morgan fingerprint density at radius 3 is 2.56 bits per heavy atom. The molecule has 0 amide bonds. The molecule has 1 aliphatic rings.